The zero-order chi connectivity index (χ0) is 18.5. The minimum Gasteiger partial charge on any atom is -0.463 e. The van der Waals surface area contributed by atoms with Gasteiger partial charge in [-0.1, -0.05) is 37.1 Å². The number of alkyl halides is 1. The predicted octanol–water partition coefficient (Wildman–Crippen LogP) is 3.44. The number of aromatic nitrogens is 1. The number of halogens is 1. The number of nitrogens with one attached hydrogen (secondary N) is 1. The van der Waals surface area contributed by atoms with Crippen LogP contribution in [0.25, 0.3) is 23.4 Å². The van der Waals surface area contributed by atoms with Crippen molar-refractivity contribution in [2.45, 2.75) is 13.3 Å². The van der Waals surface area contributed by atoms with E-state index in [1.807, 2.05) is 48.0 Å². The fourth-order valence-corrected chi connectivity index (χ4v) is 3.51. The Labute approximate surface area is 156 Å². The fourth-order valence-electron chi connectivity index (χ4n) is 3.06. The molecule has 0 aliphatic heterocycles. The third kappa shape index (κ3) is 3.49. The lowest BCUT2D eigenvalue weighted by molar-refractivity contribution is 0.127. The average Bonchev–Trinajstić information content (AvgIpc) is 2.80. The second kappa shape index (κ2) is 8.15. The molecule has 4 nitrogen and oxygen atoms in total. The van der Waals surface area contributed by atoms with Gasteiger partial charge in [-0.3, -0.25) is 0 Å². The molecule has 6 heteroatoms. The number of nitrogens with zero attached hydrogens (tertiary/aromatic N) is 2. The van der Waals surface area contributed by atoms with Crippen molar-refractivity contribution >= 4 is 29.8 Å². The summed E-state index contributed by atoms with van der Waals surface area (Å²) in [4.78, 5) is 0. The summed E-state index contributed by atoms with van der Waals surface area (Å²) in [5.74, 6) is 1.46. The normalized spacial score (nSPS) is 12.8. The van der Waals surface area contributed by atoms with Gasteiger partial charge in [0.25, 0.3) is 0 Å². The van der Waals surface area contributed by atoms with E-state index in [0.29, 0.717) is 17.7 Å². The molecule has 0 spiro atoms. The highest BCUT2D eigenvalue weighted by molar-refractivity contribution is 8.00. The lowest BCUT2D eigenvalue weighted by Crippen LogP contribution is -2.28. The van der Waals surface area contributed by atoms with Gasteiger partial charge < -0.3 is 14.0 Å². The van der Waals surface area contributed by atoms with Gasteiger partial charge in [-0.25, -0.2) is 4.39 Å². The summed E-state index contributed by atoms with van der Waals surface area (Å²) in [7, 11) is 1.91. The van der Waals surface area contributed by atoms with E-state index in [0.717, 1.165) is 33.3 Å². The van der Waals surface area contributed by atoms with Crippen molar-refractivity contribution in [2.75, 3.05) is 17.3 Å². The molecule has 0 saturated carbocycles. The first-order chi connectivity index (χ1) is 12.7. The number of nitriles is 1. The number of fused-ring (bicyclic) bond motifs is 1. The summed E-state index contributed by atoms with van der Waals surface area (Å²) in [6, 6.07) is 10.3. The third-order valence-corrected chi connectivity index (χ3v) is 4.89. The summed E-state index contributed by atoms with van der Waals surface area (Å²) in [5, 5.41) is 11.5. The molecule has 0 bridgehead atoms. The van der Waals surface area contributed by atoms with E-state index in [1.54, 1.807) is 18.0 Å². The van der Waals surface area contributed by atoms with Crippen LogP contribution in [0.2, 0.25) is 0 Å². The van der Waals surface area contributed by atoms with Gasteiger partial charge in [0.05, 0.1) is 16.6 Å². The van der Waals surface area contributed by atoms with Gasteiger partial charge in [-0.05, 0) is 30.2 Å². The lowest BCUT2D eigenvalue weighted by Gasteiger charge is -2.08. The molecule has 0 radical (unpaired) electrons. The quantitative estimate of drug-likeness (QED) is 0.793. The Morgan fingerprint density at radius 3 is 2.73 bits per heavy atom. The first-order valence-electron chi connectivity index (χ1n) is 8.37. The summed E-state index contributed by atoms with van der Waals surface area (Å²) in [6.45, 7) is 1.22. The van der Waals surface area contributed by atoms with E-state index in [1.165, 1.54) is 0 Å². The van der Waals surface area contributed by atoms with Gasteiger partial charge in [-0.2, -0.15) is 5.26 Å². The van der Waals surface area contributed by atoms with Crippen LogP contribution in [0.3, 0.4) is 0 Å². The number of ether oxygens (including phenoxy) is 1. The maximum atomic E-state index is 12.6. The summed E-state index contributed by atoms with van der Waals surface area (Å²) in [5.41, 5.74) is 3.45. The topological polar surface area (TPSA) is 50.0 Å². The van der Waals surface area contributed by atoms with Crippen LogP contribution < -0.4 is 15.3 Å². The Balaban J connectivity index is 2.11. The average molecular weight is 369 g/mol. The molecule has 1 aliphatic carbocycles. The molecule has 1 aromatic carbocycles. The summed E-state index contributed by atoms with van der Waals surface area (Å²) < 4.78 is 22.8. The van der Waals surface area contributed by atoms with Gasteiger partial charge in [0.2, 0.25) is 6.86 Å². The van der Waals surface area contributed by atoms with Crippen molar-refractivity contribution in [3.8, 4) is 17.3 Å². The van der Waals surface area contributed by atoms with Gasteiger partial charge in [0.15, 0.2) is 0 Å². The molecular formula is C20H20FN3OS. The minimum atomic E-state index is -0.871. The highest BCUT2D eigenvalue weighted by Gasteiger charge is 2.16. The van der Waals surface area contributed by atoms with Crippen LogP contribution >= 0.6 is 11.9 Å². The standard InChI is InChI=1S/C20H20FN3OS/c1-3-26-23-15-9-7-14(8-10-15)20-18(12-22)17-6-4-5-16(25-13-21)11-19(17)24(20)2/h5-11,23H,3-4,13H2,1-2H3. The fraction of sp³-hybridized carbons (Fsp3) is 0.250. The molecule has 3 rings (SSSR count). The second-order valence-corrected chi connectivity index (χ2v) is 6.82. The first-order valence-corrected chi connectivity index (χ1v) is 9.36. The molecule has 26 heavy (non-hydrogen) atoms. The summed E-state index contributed by atoms with van der Waals surface area (Å²) >= 11 is 1.63. The van der Waals surface area contributed by atoms with Gasteiger partial charge in [0.1, 0.15) is 11.8 Å². The molecule has 0 saturated heterocycles. The van der Waals surface area contributed by atoms with E-state index in [4.69, 9.17) is 4.74 Å². The second-order valence-electron chi connectivity index (χ2n) is 5.75. The maximum Gasteiger partial charge on any atom is 0.228 e. The van der Waals surface area contributed by atoms with Crippen LogP contribution in [-0.2, 0) is 11.8 Å². The smallest absolute Gasteiger partial charge is 0.228 e. The number of hydrogen-bond donors (Lipinski definition) is 1. The van der Waals surface area contributed by atoms with Crippen LogP contribution in [0.5, 0.6) is 0 Å². The minimum absolute atomic E-state index is 0.482. The maximum absolute atomic E-state index is 12.6. The zero-order valence-electron chi connectivity index (χ0n) is 14.8. The van der Waals surface area contributed by atoms with Crippen molar-refractivity contribution in [2.24, 2.45) is 7.05 Å². The van der Waals surface area contributed by atoms with Crippen LogP contribution in [-0.4, -0.2) is 17.2 Å². The Hall–Kier alpha value is -2.65. The van der Waals surface area contributed by atoms with Crippen molar-refractivity contribution in [3.63, 3.8) is 0 Å². The van der Waals surface area contributed by atoms with Crippen LogP contribution in [0.15, 0.2) is 36.1 Å². The molecular weight excluding hydrogens is 349 g/mol. The molecule has 0 fully saturated rings. The molecule has 0 unspecified atom stereocenters. The number of anilines is 1. The third-order valence-electron chi connectivity index (χ3n) is 4.22. The number of allylic oxidation sites excluding steroid dienone is 2. The van der Waals surface area contributed by atoms with E-state index in [-0.39, 0.29) is 0 Å². The number of benzene rings is 1. The Morgan fingerprint density at radius 2 is 2.08 bits per heavy atom. The van der Waals surface area contributed by atoms with E-state index in [9.17, 15) is 9.65 Å². The largest absolute Gasteiger partial charge is 0.463 e. The van der Waals surface area contributed by atoms with Crippen molar-refractivity contribution in [1.82, 2.24) is 4.57 Å². The van der Waals surface area contributed by atoms with Crippen molar-refractivity contribution in [3.05, 3.63) is 52.2 Å². The van der Waals surface area contributed by atoms with Crippen molar-refractivity contribution < 1.29 is 9.13 Å². The lowest BCUT2D eigenvalue weighted by atomic mass is 10.1. The molecule has 134 valence electrons. The van der Waals surface area contributed by atoms with E-state index >= 15 is 0 Å². The van der Waals surface area contributed by atoms with Gasteiger partial charge >= 0.3 is 0 Å². The predicted molar refractivity (Wildman–Crippen MR) is 105 cm³/mol. The van der Waals surface area contributed by atoms with Crippen LogP contribution in [0.4, 0.5) is 10.1 Å². The molecule has 1 N–H and O–H groups in total. The Kier molecular flexibility index (Phi) is 5.69. The van der Waals surface area contributed by atoms with E-state index in [2.05, 4.69) is 17.7 Å². The zero-order valence-corrected chi connectivity index (χ0v) is 15.6. The molecule has 0 atom stereocenters. The molecule has 1 heterocycles. The monoisotopic (exact) mass is 369 g/mol. The number of rotatable bonds is 6. The number of hydrogen-bond acceptors (Lipinski definition) is 4. The van der Waals surface area contributed by atoms with E-state index < -0.39 is 6.86 Å². The van der Waals surface area contributed by atoms with Gasteiger partial charge in [0, 0.05) is 29.8 Å². The van der Waals surface area contributed by atoms with Crippen LogP contribution in [0.1, 0.15) is 18.9 Å². The SMILES string of the molecule is CCSNc1ccc(-c2c(C#N)c3c(n2C)=CC(OCF)=CCC=3)cc1. The first kappa shape index (κ1) is 18.2. The Morgan fingerprint density at radius 1 is 1.31 bits per heavy atom. The molecule has 2 aromatic rings. The molecule has 1 aromatic heterocycles. The molecule has 1 aliphatic rings. The Bertz CT molecular complexity index is 984. The highest BCUT2D eigenvalue weighted by atomic mass is 32.2. The van der Waals surface area contributed by atoms with Crippen LogP contribution in [0, 0.1) is 11.3 Å². The summed E-state index contributed by atoms with van der Waals surface area (Å²) in [6.07, 6.45) is 6.17. The van der Waals surface area contributed by atoms with Gasteiger partial charge in [-0.15, -0.1) is 0 Å². The van der Waals surface area contributed by atoms with Crippen molar-refractivity contribution in [1.29, 1.82) is 5.26 Å². The highest BCUT2D eigenvalue weighted by Crippen LogP contribution is 2.24. The molecule has 0 amide bonds.